The van der Waals surface area contributed by atoms with Crippen molar-refractivity contribution in [3.8, 4) is 0 Å². The Bertz CT molecular complexity index is 359. The van der Waals surface area contributed by atoms with E-state index in [1.807, 2.05) is 27.7 Å². The molecule has 1 saturated heterocycles. The zero-order chi connectivity index (χ0) is 15.4. The molecule has 0 aromatic rings. The minimum atomic E-state index is -2.63. The molecule has 4 nitrogen and oxygen atoms in total. The van der Waals surface area contributed by atoms with Gasteiger partial charge in [-0.3, -0.25) is 9.59 Å². The van der Waals surface area contributed by atoms with Crippen molar-refractivity contribution < 1.29 is 18.4 Å². The summed E-state index contributed by atoms with van der Waals surface area (Å²) in [5, 5.41) is 2.68. The number of nitrogens with one attached hydrogen (secondary N) is 1. The number of halogens is 2. The first-order valence-corrected chi connectivity index (χ1v) is 7.11. The molecule has 2 atom stereocenters. The monoisotopic (exact) mass is 290 g/mol. The highest BCUT2D eigenvalue weighted by atomic mass is 19.3. The molecular formula is C14H24F2N2O2. The zero-order valence-electron chi connectivity index (χ0n) is 12.5. The number of amides is 2. The summed E-state index contributed by atoms with van der Waals surface area (Å²) in [5.74, 6) is -0.339. The lowest BCUT2D eigenvalue weighted by Crippen LogP contribution is -2.64. The van der Waals surface area contributed by atoms with Gasteiger partial charge in [-0.2, -0.15) is 0 Å². The normalized spacial score (nSPS) is 23.9. The summed E-state index contributed by atoms with van der Waals surface area (Å²) >= 11 is 0. The van der Waals surface area contributed by atoms with Crippen molar-refractivity contribution in [2.75, 3.05) is 6.54 Å². The van der Waals surface area contributed by atoms with Crippen LogP contribution in [0.4, 0.5) is 8.78 Å². The van der Waals surface area contributed by atoms with Gasteiger partial charge in [0.25, 0.3) is 6.43 Å². The molecule has 1 aliphatic heterocycles. The molecular weight excluding hydrogens is 266 g/mol. The first-order chi connectivity index (χ1) is 9.22. The van der Waals surface area contributed by atoms with Gasteiger partial charge >= 0.3 is 0 Å². The van der Waals surface area contributed by atoms with E-state index in [9.17, 15) is 18.4 Å². The van der Waals surface area contributed by atoms with Crippen LogP contribution in [0, 0.1) is 11.8 Å². The maximum absolute atomic E-state index is 12.7. The van der Waals surface area contributed by atoms with Gasteiger partial charge in [0.15, 0.2) is 0 Å². The van der Waals surface area contributed by atoms with Crippen LogP contribution >= 0.6 is 0 Å². The molecule has 0 aromatic carbocycles. The van der Waals surface area contributed by atoms with Crippen molar-refractivity contribution in [1.29, 1.82) is 0 Å². The number of alkyl halides is 2. The first kappa shape index (κ1) is 16.9. The van der Waals surface area contributed by atoms with Crippen molar-refractivity contribution in [2.45, 2.75) is 59.0 Å². The van der Waals surface area contributed by atoms with Crippen LogP contribution in [-0.2, 0) is 9.59 Å². The fourth-order valence-electron chi connectivity index (χ4n) is 2.50. The third-order valence-corrected chi connectivity index (χ3v) is 3.31. The zero-order valence-corrected chi connectivity index (χ0v) is 12.5. The predicted molar refractivity (Wildman–Crippen MR) is 72.3 cm³/mol. The van der Waals surface area contributed by atoms with Crippen molar-refractivity contribution in [2.24, 2.45) is 11.8 Å². The van der Waals surface area contributed by atoms with E-state index in [0.29, 0.717) is 12.8 Å². The van der Waals surface area contributed by atoms with Gasteiger partial charge < -0.3 is 10.2 Å². The summed E-state index contributed by atoms with van der Waals surface area (Å²) in [5.41, 5.74) is 0. The number of nitrogens with zero attached hydrogens (tertiary/aromatic N) is 1. The molecule has 1 rings (SSSR count). The molecule has 0 spiro atoms. The number of hydrogen-bond donors (Lipinski definition) is 1. The van der Waals surface area contributed by atoms with Crippen molar-refractivity contribution in [3.63, 3.8) is 0 Å². The molecule has 1 N–H and O–H groups in total. The number of piperazine rings is 1. The van der Waals surface area contributed by atoms with E-state index >= 15 is 0 Å². The van der Waals surface area contributed by atoms with Crippen molar-refractivity contribution in [3.05, 3.63) is 0 Å². The number of rotatable bonds is 6. The second-order valence-electron chi connectivity index (χ2n) is 6.22. The predicted octanol–water partition coefficient (Wildman–Crippen LogP) is 2.04. The molecule has 1 heterocycles. The lowest BCUT2D eigenvalue weighted by molar-refractivity contribution is -0.152. The third kappa shape index (κ3) is 4.42. The lowest BCUT2D eigenvalue weighted by Gasteiger charge is -2.40. The van der Waals surface area contributed by atoms with E-state index in [2.05, 4.69) is 5.32 Å². The Labute approximate surface area is 118 Å². The summed E-state index contributed by atoms with van der Waals surface area (Å²) in [6, 6.07) is -1.45. The van der Waals surface area contributed by atoms with E-state index in [1.54, 1.807) is 0 Å². The molecule has 6 heteroatoms. The third-order valence-electron chi connectivity index (χ3n) is 3.31. The van der Waals surface area contributed by atoms with Gasteiger partial charge in [-0.1, -0.05) is 27.7 Å². The van der Waals surface area contributed by atoms with E-state index in [0.717, 1.165) is 4.90 Å². The maximum atomic E-state index is 12.7. The second-order valence-corrected chi connectivity index (χ2v) is 6.22. The molecule has 20 heavy (non-hydrogen) atoms. The molecule has 2 unspecified atom stereocenters. The van der Waals surface area contributed by atoms with Crippen LogP contribution < -0.4 is 5.32 Å². The molecule has 1 fully saturated rings. The molecule has 0 aromatic heterocycles. The minimum absolute atomic E-state index is 0.153. The largest absolute Gasteiger partial charge is 0.342 e. The summed E-state index contributed by atoms with van der Waals surface area (Å²) in [6.07, 6.45) is -1.75. The number of carbonyl (C=O) groups excluding carboxylic acids is 2. The van der Waals surface area contributed by atoms with Crippen LogP contribution in [0.1, 0.15) is 40.5 Å². The van der Waals surface area contributed by atoms with E-state index in [-0.39, 0.29) is 23.7 Å². The Hall–Kier alpha value is -1.20. The summed E-state index contributed by atoms with van der Waals surface area (Å²) < 4.78 is 25.4. The highest BCUT2D eigenvalue weighted by Gasteiger charge is 2.41. The van der Waals surface area contributed by atoms with Gasteiger partial charge in [0.2, 0.25) is 11.8 Å². The Morgan fingerprint density at radius 1 is 1.10 bits per heavy atom. The average molecular weight is 290 g/mol. The standard InChI is InChI=1S/C14H24F2N2O2/c1-8(2)5-10-14(20)18(7-12(15)16)11(6-9(3)4)13(19)17-10/h8-12H,5-7H2,1-4H3,(H,17,19). The van der Waals surface area contributed by atoms with Crippen LogP contribution in [0.25, 0.3) is 0 Å². The van der Waals surface area contributed by atoms with Gasteiger partial charge in [0, 0.05) is 0 Å². The Kier molecular flexibility index (Phi) is 5.89. The quantitative estimate of drug-likeness (QED) is 0.814. The summed E-state index contributed by atoms with van der Waals surface area (Å²) in [6.45, 7) is 6.99. The molecule has 116 valence electrons. The minimum Gasteiger partial charge on any atom is -0.342 e. The van der Waals surface area contributed by atoms with Gasteiger partial charge in [0.05, 0.1) is 6.54 Å². The van der Waals surface area contributed by atoms with E-state index in [1.165, 1.54) is 0 Å². The first-order valence-electron chi connectivity index (χ1n) is 7.11. The van der Waals surface area contributed by atoms with E-state index < -0.39 is 25.1 Å². The Morgan fingerprint density at radius 2 is 1.65 bits per heavy atom. The molecule has 0 saturated carbocycles. The number of carbonyl (C=O) groups is 2. The van der Waals surface area contributed by atoms with Crippen LogP contribution in [0.3, 0.4) is 0 Å². The lowest BCUT2D eigenvalue weighted by atomic mass is 9.94. The second kappa shape index (κ2) is 6.99. The fraction of sp³-hybridized carbons (Fsp3) is 0.857. The summed E-state index contributed by atoms with van der Waals surface area (Å²) in [7, 11) is 0. The smallest absolute Gasteiger partial charge is 0.255 e. The van der Waals surface area contributed by atoms with Gasteiger partial charge in [-0.25, -0.2) is 8.78 Å². The highest BCUT2D eigenvalue weighted by molar-refractivity contribution is 5.97. The Morgan fingerprint density at radius 3 is 2.10 bits per heavy atom. The average Bonchev–Trinajstić information content (AvgIpc) is 2.28. The van der Waals surface area contributed by atoms with Crippen LogP contribution in [0.5, 0.6) is 0 Å². The Balaban J connectivity index is 2.91. The molecule has 0 radical (unpaired) electrons. The van der Waals surface area contributed by atoms with E-state index in [4.69, 9.17) is 0 Å². The van der Waals surface area contributed by atoms with Crippen LogP contribution in [-0.4, -0.2) is 41.8 Å². The maximum Gasteiger partial charge on any atom is 0.255 e. The van der Waals surface area contributed by atoms with Crippen molar-refractivity contribution in [1.82, 2.24) is 10.2 Å². The van der Waals surface area contributed by atoms with Gasteiger partial charge in [-0.15, -0.1) is 0 Å². The van der Waals surface area contributed by atoms with Crippen LogP contribution in [0.2, 0.25) is 0 Å². The SMILES string of the molecule is CC(C)CC1NC(=O)C(CC(C)C)N(CC(F)F)C1=O. The topological polar surface area (TPSA) is 49.4 Å². The molecule has 0 aliphatic carbocycles. The summed E-state index contributed by atoms with van der Waals surface area (Å²) in [4.78, 5) is 25.5. The van der Waals surface area contributed by atoms with Gasteiger partial charge in [0.1, 0.15) is 12.1 Å². The fourth-order valence-corrected chi connectivity index (χ4v) is 2.50. The molecule has 2 amide bonds. The molecule has 0 bridgehead atoms. The van der Waals surface area contributed by atoms with Crippen molar-refractivity contribution >= 4 is 11.8 Å². The van der Waals surface area contributed by atoms with Crippen LogP contribution in [0.15, 0.2) is 0 Å². The number of hydrogen-bond acceptors (Lipinski definition) is 2. The molecule has 1 aliphatic rings. The van der Waals surface area contributed by atoms with Gasteiger partial charge in [-0.05, 0) is 24.7 Å². The highest BCUT2D eigenvalue weighted by Crippen LogP contribution is 2.21.